The van der Waals surface area contributed by atoms with E-state index in [1.165, 1.54) is 22.5 Å². The van der Waals surface area contributed by atoms with Crippen LogP contribution in [0.1, 0.15) is 36.1 Å². The van der Waals surface area contributed by atoms with Crippen LogP contribution >= 0.6 is 15.9 Å². The molecular formula is C31H22BrN5. The molecule has 0 radical (unpaired) electrons. The van der Waals surface area contributed by atoms with Gasteiger partial charge in [0.25, 0.3) is 0 Å². The number of fused-ring (bicyclic) bond motifs is 3. The summed E-state index contributed by atoms with van der Waals surface area (Å²) in [5, 5.41) is 0. The number of rotatable bonds is 3. The van der Waals surface area contributed by atoms with Gasteiger partial charge in [-0.2, -0.15) is 0 Å². The van der Waals surface area contributed by atoms with E-state index < -0.39 is 0 Å². The minimum atomic E-state index is -0.0769. The van der Waals surface area contributed by atoms with E-state index in [4.69, 9.17) is 0 Å². The van der Waals surface area contributed by atoms with E-state index in [1.54, 1.807) is 0 Å². The van der Waals surface area contributed by atoms with Gasteiger partial charge in [-0.3, -0.25) is 0 Å². The fourth-order valence-electron chi connectivity index (χ4n) is 5.27. The zero-order valence-electron chi connectivity index (χ0n) is 20.4. The van der Waals surface area contributed by atoms with E-state index in [0.29, 0.717) is 23.3 Å². The van der Waals surface area contributed by atoms with Gasteiger partial charge in [-0.15, -0.1) is 0 Å². The average molecular weight is 544 g/mol. The van der Waals surface area contributed by atoms with Crippen LogP contribution in [-0.2, 0) is 5.41 Å². The summed E-state index contributed by atoms with van der Waals surface area (Å²) in [6, 6.07) is 33.7. The summed E-state index contributed by atoms with van der Waals surface area (Å²) in [6.45, 7) is 4.60. The standard InChI is InChI=1S/C31H22BrN5/c1-31(2)23-7-3-5-9-25(23)37(26-10-6-4-8-24(26)31)22-17-13-20(14-18-22)28-35-29-30(36-28)34-27(33-29)19-11-15-21(32)16-12-19/h3-18H,1-2H3. The molecule has 37 heavy (non-hydrogen) atoms. The smallest absolute Gasteiger partial charge is 0.202 e. The van der Waals surface area contributed by atoms with Crippen molar-refractivity contribution in [2.24, 2.45) is 20.0 Å². The van der Waals surface area contributed by atoms with Gasteiger partial charge in [0.2, 0.25) is 11.7 Å². The molecule has 5 nitrogen and oxygen atoms in total. The highest BCUT2D eigenvalue weighted by atomic mass is 79.9. The summed E-state index contributed by atoms with van der Waals surface area (Å²) < 4.78 is 1.02. The van der Waals surface area contributed by atoms with E-state index in [9.17, 15) is 0 Å². The summed E-state index contributed by atoms with van der Waals surface area (Å²) in [7, 11) is 0. The van der Waals surface area contributed by atoms with Gasteiger partial charge >= 0.3 is 0 Å². The van der Waals surface area contributed by atoms with Crippen LogP contribution in [0.2, 0.25) is 0 Å². The molecule has 3 aliphatic heterocycles. The number of anilines is 3. The number of nitrogens with zero attached hydrogens (tertiary/aromatic N) is 5. The normalized spacial score (nSPS) is 16.8. The van der Waals surface area contributed by atoms with Crippen LogP contribution in [0.25, 0.3) is 0 Å². The SMILES string of the molecule is CC1(C)c2ccccc2N(c2ccc(C3=NC4=NC(c5ccc(Br)cc5)=NC4=N3)cc2)c2ccccc21. The Morgan fingerprint density at radius 3 is 1.49 bits per heavy atom. The van der Waals surface area contributed by atoms with Crippen LogP contribution in [0.15, 0.2) is 122 Å². The summed E-state index contributed by atoms with van der Waals surface area (Å²) in [4.78, 5) is 20.9. The molecular weight excluding hydrogens is 522 g/mol. The third-order valence-electron chi connectivity index (χ3n) is 7.17. The second-order valence-electron chi connectivity index (χ2n) is 9.79. The van der Waals surface area contributed by atoms with Crippen LogP contribution in [0, 0.1) is 0 Å². The summed E-state index contributed by atoms with van der Waals surface area (Å²) in [6.07, 6.45) is 0. The Morgan fingerprint density at radius 1 is 0.541 bits per heavy atom. The third-order valence-corrected chi connectivity index (χ3v) is 7.70. The fourth-order valence-corrected chi connectivity index (χ4v) is 5.53. The number of aliphatic imine (C=N–C) groups is 4. The lowest BCUT2D eigenvalue weighted by Crippen LogP contribution is -2.30. The number of hydrogen-bond donors (Lipinski definition) is 0. The second kappa shape index (κ2) is 8.18. The molecule has 6 heteroatoms. The first kappa shape index (κ1) is 22.1. The Morgan fingerprint density at radius 2 is 0.973 bits per heavy atom. The molecule has 0 saturated carbocycles. The van der Waals surface area contributed by atoms with Crippen molar-refractivity contribution in [2.45, 2.75) is 19.3 Å². The summed E-state index contributed by atoms with van der Waals surface area (Å²) in [5.74, 6) is 2.42. The molecule has 0 saturated heterocycles. The van der Waals surface area contributed by atoms with E-state index in [2.05, 4.69) is 127 Å². The van der Waals surface area contributed by atoms with Gasteiger partial charge < -0.3 is 4.90 Å². The molecule has 178 valence electrons. The maximum absolute atomic E-state index is 4.67. The molecule has 7 rings (SSSR count). The van der Waals surface area contributed by atoms with Crippen molar-refractivity contribution in [3.05, 3.63) is 124 Å². The molecule has 0 aliphatic carbocycles. The second-order valence-corrected chi connectivity index (χ2v) is 10.7. The van der Waals surface area contributed by atoms with Crippen molar-refractivity contribution in [3.8, 4) is 0 Å². The molecule has 3 heterocycles. The molecule has 4 aromatic rings. The Bertz CT molecular complexity index is 1640. The van der Waals surface area contributed by atoms with Gasteiger partial charge in [0, 0.05) is 26.7 Å². The third kappa shape index (κ3) is 3.51. The van der Waals surface area contributed by atoms with Gasteiger partial charge in [-0.1, -0.05) is 78.3 Å². The van der Waals surface area contributed by atoms with Crippen molar-refractivity contribution < 1.29 is 0 Å². The highest BCUT2D eigenvalue weighted by Gasteiger charge is 2.36. The minimum absolute atomic E-state index is 0.0769. The summed E-state index contributed by atoms with van der Waals surface area (Å²) >= 11 is 3.46. The molecule has 0 N–H and O–H groups in total. The monoisotopic (exact) mass is 543 g/mol. The first-order chi connectivity index (χ1) is 18.0. The predicted molar refractivity (Wildman–Crippen MR) is 155 cm³/mol. The Balaban J connectivity index is 1.21. The molecule has 0 fully saturated rings. The predicted octanol–water partition coefficient (Wildman–Crippen LogP) is 7.58. The molecule has 0 spiro atoms. The van der Waals surface area contributed by atoms with Gasteiger partial charge in [0.15, 0.2) is 11.7 Å². The van der Waals surface area contributed by atoms with Crippen molar-refractivity contribution in [3.63, 3.8) is 0 Å². The quantitative estimate of drug-likeness (QED) is 0.262. The van der Waals surface area contributed by atoms with E-state index in [-0.39, 0.29) is 5.41 Å². The number of amidine groups is 4. The van der Waals surface area contributed by atoms with Crippen LogP contribution in [0.5, 0.6) is 0 Å². The zero-order valence-corrected chi connectivity index (χ0v) is 21.9. The highest BCUT2D eigenvalue weighted by molar-refractivity contribution is 9.10. The summed E-state index contributed by atoms with van der Waals surface area (Å²) in [5.41, 5.74) is 7.94. The lowest BCUT2D eigenvalue weighted by atomic mass is 9.73. The number of para-hydroxylation sites is 2. The van der Waals surface area contributed by atoms with Gasteiger partial charge in [-0.25, -0.2) is 20.0 Å². The first-order valence-corrected chi connectivity index (χ1v) is 13.0. The highest BCUT2D eigenvalue weighted by Crippen LogP contribution is 2.51. The zero-order chi connectivity index (χ0) is 25.1. The van der Waals surface area contributed by atoms with Gasteiger partial charge in [-0.05, 0) is 59.7 Å². The molecule has 0 aromatic heterocycles. The molecule has 0 bridgehead atoms. The van der Waals surface area contributed by atoms with Crippen molar-refractivity contribution in [1.29, 1.82) is 0 Å². The van der Waals surface area contributed by atoms with E-state index in [1.807, 2.05) is 24.3 Å². The van der Waals surface area contributed by atoms with Crippen molar-refractivity contribution >= 4 is 56.3 Å². The number of hydrogen-bond acceptors (Lipinski definition) is 5. The maximum Gasteiger partial charge on any atom is 0.202 e. The van der Waals surface area contributed by atoms with Gasteiger partial charge in [0.1, 0.15) is 0 Å². The lowest BCUT2D eigenvalue weighted by Gasteiger charge is -2.42. The van der Waals surface area contributed by atoms with Gasteiger partial charge in [0.05, 0.1) is 11.4 Å². The fraction of sp³-hybridized carbons (Fsp3) is 0.0968. The average Bonchev–Trinajstić information content (AvgIpc) is 3.50. The molecule has 3 aliphatic rings. The van der Waals surface area contributed by atoms with E-state index >= 15 is 0 Å². The number of benzene rings is 4. The lowest BCUT2D eigenvalue weighted by molar-refractivity contribution is 0.632. The van der Waals surface area contributed by atoms with Crippen LogP contribution in [0.3, 0.4) is 0 Å². The Labute approximate surface area is 223 Å². The van der Waals surface area contributed by atoms with Crippen molar-refractivity contribution in [1.82, 2.24) is 0 Å². The minimum Gasteiger partial charge on any atom is -0.310 e. The van der Waals surface area contributed by atoms with Crippen LogP contribution in [0.4, 0.5) is 17.1 Å². The molecule has 0 atom stereocenters. The van der Waals surface area contributed by atoms with E-state index in [0.717, 1.165) is 21.3 Å². The molecule has 4 aromatic carbocycles. The maximum atomic E-state index is 4.67. The largest absolute Gasteiger partial charge is 0.310 e. The Hall–Kier alpha value is -4.16. The first-order valence-electron chi connectivity index (χ1n) is 12.2. The Kier molecular flexibility index (Phi) is 4.88. The number of halogens is 1. The van der Waals surface area contributed by atoms with Crippen molar-refractivity contribution in [2.75, 3.05) is 4.90 Å². The van der Waals surface area contributed by atoms with Crippen LogP contribution in [-0.4, -0.2) is 23.3 Å². The molecule has 0 amide bonds. The van der Waals surface area contributed by atoms with Crippen LogP contribution < -0.4 is 4.90 Å². The molecule has 0 unspecified atom stereocenters. The topological polar surface area (TPSA) is 52.7 Å².